The van der Waals surface area contributed by atoms with Gasteiger partial charge in [0.05, 0.1) is 11.3 Å². The van der Waals surface area contributed by atoms with Gasteiger partial charge in [-0.15, -0.1) is 0 Å². The van der Waals surface area contributed by atoms with Gasteiger partial charge in [0.15, 0.2) is 0 Å². The van der Waals surface area contributed by atoms with Crippen LogP contribution in [-0.4, -0.2) is 28.3 Å². The maximum absolute atomic E-state index is 12.2. The fourth-order valence-electron chi connectivity index (χ4n) is 2.76. The number of aryl methyl sites for hydroxylation is 2. The van der Waals surface area contributed by atoms with Gasteiger partial charge >= 0.3 is 0 Å². The van der Waals surface area contributed by atoms with Gasteiger partial charge in [0, 0.05) is 6.54 Å². The summed E-state index contributed by atoms with van der Waals surface area (Å²) in [5.74, 6) is 0.995. The summed E-state index contributed by atoms with van der Waals surface area (Å²) in [5.41, 5.74) is 0.420. The molecule has 0 unspecified atom stereocenters. The number of rotatable bonds is 4. The van der Waals surface area contributed by atoms with Crippen molar-refractivity contribution in [2.24, 2.45) is 5.92 Å². The smallest absolute Gasteiger partial charge is 0.256 e. The van der Waals surface area contributed by atoms with Crippen LogP contribution in [0.4, 0.5) is 0 Å². The number of carbonyl (C=O) groups excluding carboxylic acids is 1. The Bertz CT molecular complexity index is 473. The monoisotopic (exact) mass is 280 g/mol. The van der Waals surface area contributed by atoms with Crippen molar-refractivity contribution in [3.63, 3.8) is 0 Å². The molecule has 1 heterocycles. The van der Waals surface area contributed by atoms with E-state index in [1.807, 2.05) is 6.92 Å². The first-order valence-corrected chi connectivity index (χ1v) is 7.41. The van der Waals surface area contributed by atoms with Gasteiger partial charge in [-0.1, -0.05) is 19.0 Å². The second kappa shape index (κ2) is 5.95. The fraction of sp³-hybridized carbons (Fsp3) is 0.733. The van der Waals surface area contributed by atoms with Gasteiger partial charge in [0.1, 0.15) is 11.3 Å². The first-order chi connectivity index (χ1) is 9.45. The number of carbonyl (C=O) groups is 1. The van der Waals surface area contributed by atoms with E-state index in [-0.39, 0.29) is 5.91 Å². The highest BCUT2D eigenvalue weighted by Crippen LogP contribution is 2.31. The zero-order chi connectivity index (χ0) is 14.8. The summed E-state index contributed by atoms with van der Waals surface area (Å²) >= 11 is 0. The average Bonchev–Trinajstić information content (AvgIpc) is 2.81. The third-order valence-electron chi connectivity index (χ3n) is 4.28. The van der Waals surface area contributed by atoms with E-state index in [0.29, 0.717) is 35.9 Å². The van der Waals surface area contributed by atoms with Crippen LogP contribution in [0.1, 0.15) is 61.3 Å². The van der Waals surface area contributed by atoms with Crippen molar-refractivity contribution in [1.29, 1.82) is 0 Å². The van der Waals surface area contributed by atoms with Crippen molar-refractivity contribution in [3.05, 3.63) is 17.0 Å². The molecule has 1 aliphatic rings. The largest absolute Gasteiger partial charge is 0.388 e. The Labute approximate surface area is 119 Å². The van der Waals surface area contributed by atoms with E-state index in [4.69, 9.17) is 4.52 Å². The summed E-state index contributed by atoms with van der Waals surface area (Å²) < 4.78 is 5.07. The molecule has 0 atom stereocenters. The molecule has 2 N–H and O–H groups in total. The Morgan fingerprint density at radius 1 is 1.50 bits per heavy atom. The fourth-order valence-corrected chi connectivity index (χ4v) is 2.76. The summed E-state index contributed by atoms with van der Waals surface area (Å²) in [7, 11) is 0. The van der Waals surface area contributed by atoms with Gasteiger partial charge < -0.3 is 14.9 Å². The van der Waals surface area contributed by atoms with E-state index >= 15 is 0 Å². The van der Waals surface area contributed by atoms with Crippen molar-refractivity contribution in [3.8, 4) is 0 Å². The summed E-state index contributed by atoms with van der Waals surface area (Å²) in [6.45, 7) is 6.17. The quantitative estimate of drug-likeness (QED) is 0.886. The van der Waals surface area contributed by atoms with Crippen LogP contribution in [0.2, 0.25) is 0 Å². The van der Waals surface area contributed by atoms with Gasteiger partial charge in [0.2, 0.25) is 0 Å². The molecule has 5 heteroatoms. The minimum Gasteiger partial charge on any atom is -0.388 e. The Morgan fingerprint density at radius 2 is 2.15 bits per heavy atom. The number of aliphatic hydroxyl groups is 1. The van der Waals surface area contributed by atoms with Gasteiger partial charge in [-0.05, 0) is 44.9 Å². The lowest BCUT2D eigenvalue weighted by Crippen LogP contribution is -2.45. The minimum absolute atomic E-state index is 0.201. The molecule has 2 rings (SSSR count). The molecule has 112 valence electrons. The summed E-state index contributed by atoms with van der Waals surface area (Å²) in [5, 5.41) is 17.2. The molecule has 5 nitrogen and oxygen atoms in total. The van der Waals surface area contributed by atoms with Gasteiger partial charge in [-0.25, -0.2) is 0 Å². The van der Waals surface area contributed by atoms with Crippen LogP contribution in [0.5, 0.6) is 0 Å². The molecule has 0 aliphatic heterocycles. The first-order valence-electron chi connectivity index (χ1n) is 7.41. The van der Waals surface area contributed by atoms with Crippen LogP contribution in [-0.2, 0) is 6.42 Å². The Balaban J connectivity index is 1.97. The molecule has 0 bridgehead atoms. The Kier molecular flexibility index (Phi) is 4.48. The third-order valence-corrected chi connectivity index (χ3v) is 4.28. The van der Waals surface area contributed by atoms with Gasteiger partial charge in [-0.2, -0.15) is 0 Å². The van der Waals surface area contributed by atoms with Crippen molar-refractivity contribution in [1.82, 2.24) is 10.5 Å². The highest BCUT2D eigenvalue weighted by molar-refractivity contribution is 5.96. The van der Waals surface area contributed by atoms with E-state index in [2.05, 4.69) is 17.4 Å². The van der Waals surface area contributed by atoms with Crippen molar-refractivity contribution in [2.45, 2.75) is 58.5 Å². The van der Waals surface area contributed by atoms with Crippen molar-refractivity contribution < 1.29 is 14.4 Å². The van der Waals surface area contributed by atoms with Crippen molar-refractivity contribution >= 4 is 5.91 Å². The molecule has 1 aromatic rings. The van der Waals surface area contributed by atoms with E-state index in [0.717, 1.165) is 25.7 Å². The summed E-state index contributed by atoms with van der Waals surface area (Å²) in [6, 6.07) is 0. The number of aromatic nitrogens is 1. The highest BCUT2D eigenvalue weighted by atomic mass is 16.5. The van der Waals surface area contributed by atoms with E-state index in [1.54, 1.807) is 6.92 Å². The van der Waals surface area contributed by atoms with Gasteiger partial charge in [0.25, 0.3) is 5.91 Å². The predicted octanol–water partition coefficient (Wildman–Crippen LogP) is 2.22. The lowest BCUT2D eigenvalue weighted by atomic mass is 9.79. The van der Waals surface area contributed by atoms with E-state index in [1.165, 1.54) is 0 Å². The second-order valence-electron chi connectivity index (χ2n) is 6.00. The molecule has 1 aromatic heterocycles. The minimum atomic E-state index is -0.764. The van der Waals surface area contributed by atoms with Crippen LogP contribution in [0.25, 0.3) is 0 Å². The van der Waals surface area contributed by atoms with E-state index < -0.39 is 5.60 Å². The molecule has 0 radical (unpaired) electrons. The predicted molar refractivity (Wildman–Crippen MR) is 75.5 cm³/mol. The zero-order valence-electron chi connectivity index (χ0n) is 12.5. The molecule has 1 aliphatic carbocycles. The van der Waals surface area contributed by atoms with Crippen LogP contribution in [0.15, 0.2) is 4.52 Å². The molecule has 0 saturated heterocycles. The number of hydrogen-bond acceptors (Lipinski definition) is 4. The third kappa shape index (κ3) is 3.20. The number of nitrogens with one attached hydrogen (secondary N) is 1. The molecule has 1 fully saturated rings. The number of amides is 1. The number of hydrogen-bond donors (Lipinski definition) is 2. The highest BCUT2D eigenvalue weighted by Gasteiger charge is 2.32. The second-order valence-corrected chi connectivity index (χ2v) is 6.00. The molecule has 0 spiro atoms. The van der Waals surface area contributed by atoms with Gasteiger partial charge in [-0.3, -0.25) is 4.79 Å². The molecule has 20 heavy (non-hydrogen) atoms. The maximum atomic E-state index is 12.2. The van der Waals surface area contributed by atoms with Crippen LogP contribution < -0.4 is 5.32 Å². The Morgan fingerprint density at radius 3 is 2.75 bits per heavy atom. The molecule has 1 amide bonds. The standard InChI is InChI=1S/C15H24N2O3/c1-4-12-13(11(3)20-17-12)14(18)16-9-15(19)7-5-10(2)6-8-15/h10,19H,4-9H2,1-3H3,(H,16,18). The SMILES string of the molecule is CCc1noc(C)c1C(=O)NCC1(O)CCC(C)CC1. The topological polar surface area (TPSA) is 75.4 Å². The van der Waals surface area contributed by atoms with Crippen LogP contribution in [0.3, 0.4) is 0 Å². The van der Waals surface area contributed by atoms with E-state index in [9.17, 15) is 9.90 Å². The number of nitrogens with zero attached hydrogens (tertiary/aromatic N) is 1. The lowest BCUT2D eigenvalue weighted by Gasteiger charge is -2.34. The molecular weight excluding hydrogens is 256 g/mol. The van der Waals surface area contributed by atoms with Crippen LogP contribution >= 0.6 is 0 Å². The molecule has 1 saturated carbocycles. The summed E-state index contributed by atoms with van der Waals surface area (Å²) in [4.78, 5) is 12.2. The normalized spacial score (nSPS) is 26.5. The average molecular weight is 280 g/mol. The van der Waals surface area contributed by atoms with Crippen LogP contribution in [0, 0.1) is 12.8 Å². The van der Waals surface area contributed by atoms with Crippen molar-refractivity contribution in [2.75, 3.05) is 6.54 Å². The first kappa shape index (κ1) is 15.0. The molecule has 0 aromatic carbocycles. The maximum Gasteiger partial charge on any atom is 0.256 e. The zero-order valence-corrected chi connectivity index (χ0v) is 12.5. The molecular formula is C15H24N2O3. The Hall–Kier alpha value is -1.36. The summed E-state index contributed by atoms with van der Waals surface area (Å²) in [6.07, 6.45) is 4.18. The lowest BCUT2D eigenvalue weighted by molar-refractivity contribution is -0.00542.